The number of para-hydroxylation sites is 1. The highest BCUT2D eigenvalue weighted by atomic mass is 32.1. The molecule has 1 saturated heterocycles. The Labute approximate surface area is 115 Å². The molecule has 1 aromatic carbocycles. The molecular formula is C13H14F3NOS. The van der Waals surface area contributed by atoms with E-state index in [-0.39, 0.29) is 23.9 Å². The molecule has 0 N–H and O–H groups in total. The van der Waals surface area contributed by atoms with E-state index in [2.05, 4.69) is 12.6 Å². The molecule has 1 unspecified atom stereocenters. The Morgan fingerprint density at radius 3 is 2.63 bits per heavy atom. The molecular weight excluding hydrogens is 275 g/mol. The number of carbonyl (C=O) groups is 1. The van der Waals surface area contributed by atoms with Gasteiger partial charge in [-0.3, -0.25) is 4.79 Å². The van der Waals surface area contributed by atoms with Crippen LogP contribution in [0.25, 0.3) is 0 Å². The number of aryl methyl sites for hydroxylation is 1. The van der Waals surface area contributed by atoms with Crippen molar-refractivity contribution in [1.29, 1.82) is 0 Å². The first kappa shape index (κ1) is 14.2. The Bertz CT molecular complexity index is 501. The average molecular weight is 289 g/mol. The lowest BCUT2D eigenvalue weighted by Gasteiger charge is -2.23. The van der Waals surface area contributed by atoms with Crippen LogP contribution in [0.2, 0.25) is 0 Å². The van der Waals surface area contributed by atoms with Gasteiger partial charge in [0.15, 0.2) is 0 Å². The van der Waals surface area contributed by atoms with Crippen LogP contribution in [-0.2, 0) is 11.0 Å². The second-order valence-corrected chi connectivity index (χ2v) is 5.09. The van der Waals surface area contributed by atoms with Crippen molar-refractivity contribution in [2.24, 2.45) is 5.92 Å². The molecule has 1 aliphatic rings. The first-order valence-electron chi connectivity index (χ1n) is 5.92. The van der Waals surface area contributed by atoms with E-state index in [1.165, 1.54) is 11.0 Å². The molecule has 0 saturated carbocycles. The normalized spacial score (nSPS) is 20.2. The van der Waals surface area contributed by atoms with Gasteiger partial charge in [-0.15, -0.1) is 0 Å². The summed E-state index contributed by atoms with van der Waals surface area (Å²) >= 11 is 4.12. The molecule has 6 heteroatoms. The van der Waals surface area contributed by atoms with E-state index >= 15 is 0 Å². The fourth-order valence-corrected chi connectivity index (χ4v) is 2.61. The van der Waals surface area contributed by atoms with Gasteiger partial charge in [-0.05, 0) is 30.2 Å². The van der Waals surface area contributed by atoms with Crippen LogP contribution in [0.15, 0.2) is 18.2 Å². The molecule has 104 valence electrons. The number of anilines is 1. The zero-order chi connectivity index (χ0) is 14.2. The lowest BCUT2D eigenvalue weighted by atomic mass is 10.1. The molecule has 19 heavy (non-hydrogen) atoms. The summed E-state index contributed by atoms with van der Waals surface area (Å²) in [7, 11) is 0. The van der Waals surface area contributed by atoms with Crippen LogP contribution < -0.4 is 4.90 Å². The molecule has 0 bridgehead atoms. The van der Waals surface area contributed by atoms with Crippen LogP contribution in [0.1, 0.15) is 17.5 Å². The van der Waals surface area contributed by atoms with Crippen molar-refractivity contribution >= 4 is 24.2 Å². The summed E-state index contributed by atoms with van der Waals surface area (Å²) in [5.74, 6) is 0.241. The number of thiol groups is 1. The third-order valence-corrected chi connectivity index (χ3v) is 3.79. The SMILES string of the molecule is Cc1cccc(C(F)(F)F)c1N1CC(CS)CC1=O. The number of alkyl halides is 3. The second kappa shape index (κ2) is 5.07. The second-order valence-electron chi connectivity index (χ2n) is 4.73. The predicted octanol–water partition coefficient (Wildman–Crippen LogP) is 3.30. The van der Waals surface area contributed by atoms with Gasteiger partial charge in [0.05, 0.1) is 11.3 Å². The zero-order valence-electron chi connectivity index (χ0n) is 10.4. The van der Waals surface area contributed by atoms with E-state index in [1.54, 1.807) is 13.0 Å². The molecule has 0 aromatic heterocycles. The number of hydrogen-bond acceptors (Lipinski definition) is 2. The van der Waals surface area contributed by atoms with Gasteiger partial charge in [0.2, 0.25) is 5.91 Å². The molecule has 1 aliphatic heterocycles. The molecule has 2 rings (SSSR count). The molecule has 0 spiro atoms. The Morgan fingerprint density at radius 2 is 2.11 bits per heavy atom. The lowest BCUT2D eigenvalue weighted by molar-refractivity contribution is -0.137. The molecule has 1 fully saturated rings. The van der Waals surface area contributed by atoms with Gasteiger partial charge in [-0.25, -0.2) is 0 Å². The Morgan fingerprint density at radius 1 is 1.42 bits per heavy atom. The summed E-state index contributed by atoms with van der Waals surface area (Å²) in [5, 5.41) is 0. The van der Waals surface area contributed by atoms with Crippen molar-refractivity contribution in [1.82, 2.24) is 0 Å². The standard InChI is InChI=1S/C13H14F3NOS/c1-8-3-2-4-10(13(14,15)16)12(8)17-6-9(7-19)5-11(17)18/h2-4,9,19H,5-7H2,1H3. The number of carbonyl (C=O) groups excluding carboxylic acids is 1. The first-order valence-corrected chi connectivity index (χ1v) is 6.56. The number of amides is 1. The summed E-state index contributed by atoms with van der Waals surface area (Å²) in [6, 6.07) is 3.97. The van der Waals surface area contributed by atoms with Crippen LogP contribution in [-0.4, -0.2) is 18.2 Å². The highest BCUT2D eigenvalue weighted by Crippen LogP contribution is 2.40. The van der Waals surface area contributed by atoms with Crippen LogP contribution in [0.4, 0.5) is 18.9 Å². The van der Waals surface area contributed by atoms with Gasteiger partial charge in [0.25, 0.3) is 0 Å². The number of hydrogen-bond donors (Lipinski definition) is 1. The molecule has 0 radical (unpaired) electrons. The smallest absolute Gasteiger partial charge is 0.311 e. The molecule has 1 amide bonds. The minimum atomic E-state index is -4.46. The van der Waals surface area contributed by atoms with E-state index in [4.69, 9.17) is 0 Å². The highest BCUT2D eigenvalue weighted by Gasteiger charge is 2.39. The van der Waals surface area contributed by atoms with Crippen LogP contribution in [0.5, 0.6) is 0 Å². The van der Waals surface area contributed by atoms with Gasteiger partial charge in [-0.2, -0.15) is 25.8 Å². The maximum Gasteiger partial charge on any atom is 0.418 e. The van der Waals surface area contributed by atoms with Crippen molar-refractivity contribution in [3.05, 3.63) is 29.3 Å². The largest absolute Gasteiger partial charge is 0.418 e. The fraction of sp³-hybridized carbons (Fsp3) is 0.462. The summed E-state index contributed by atoms with van der Waals surface area (Å²) in [6.45, 7) is 1.89. The first-order chi connectivity index (χ1) is 8.84. The monoisotopic (exact) mass is 289 g/mol. The topological polar surface area (TPSA) is 20.3 Å². The average Bonchev–Trinajstić information content (AvgIpc) is 2.69. The zero-order valence-corrected chi connectivity index (χ0v) is 11.3. The van der Waals surface area contributed by atoms with Crippen molar-refractivity contribution in [2.75, 3.05) is 17.2 Å². The number of halogens is 3. The molecule has 0 aliphatic carbocycles. The Balaban J connectivity index is 2.48. The summed E-state index contributed by atoms with van der Waals surface area (Å²) in [5.41, 5.74) is -0.298. The molecule has 1 heterocycles. The van der Waals surface area contributed by atoms with Crippen molar-refractivity contribution in [3.8, 4) is 0 Å². The number of benzene rings is 1. The summed E-state index contributed by atoms with van der Waals surface area (Å²) in [6.07, 6.45) is -4.20. The third-order valence-electron chi connectivity index (χ3n) is 3.28. The van der Waals surface area contributed by atoms with Crippen LogP contribution in [0.3, 0.4) is 0 Å². The minimum absolute atomic E-state index is 0.00992. The van der Waals surface area contributed by atoms with Crippen LogP contribution in [0, 0.1) is 12.8 Å². The lowest BCUT2D eigenvalue weighted by Crippen LogP contribution is -2.28. The van der Waals surface area contributed by atoms with E-state index in [0.29, 0.717) is 17.9 Å². The van der Waals surface area contributed by atoms with Gasteiger partial charge >= 0.3 is 6.18 Å². The van der Waals surface area contributed by atoms with E-state index in [9.17, 15) is 18.0 Å². The van der Waals surface area contributed by atoms with Crippen molar-refractivity contribution in [2.45, 2.75) is 19.5 Å². The number of nitrogens with zero attached hydrogens (tertiary/aromatic N) is 1. The minimum Gasteiger partial charge on any atom is -0.311 e. The highest BCUT2D eigenvalue weighted by molar-refractivity contribution is 7.80. The fourth-order valence-electron chi connectivity index (χ4n) is 2.37. The Hall–Kier alpha value is -1.17. The van der Waals surface area contributed by atoms with Gasteiger partial charge in [0.1, 0.15) is 0 Å². The number of rotatable bonds is 2. The Kier molecular flexibility index (Phi) is 3.80. The summed E-state index contributed by atoms with van der Waals surface area (Å²) < 4.78 is 39.1. The van der Waals surface area contributed by atoms with Crippen molar-refractivity contribution in [3.63, 3.8) is 0 Å². The predicted molar refractivity (Wildman–Crippen MR) is 70.5 cm³/mol. The van der Waals surface area contributed by atoms with Crippen LogP contribution >= 0.6 is 12.6 Å². The van der Waals surface area contributed by atoms with E-state index in [0.717, 1.165) is 6.07 Å². The third kappa shape index (κ3) is 2.73. The quantitative estimate of drug-likeness (QED) is 0.828. The maximum atomic E-state index is 13.0. The van der Waals surface area contributed by atoms with E-state index < -0.39 is 11.7 Å². The molecule has 1 aromatic rings. The van der Waals surface area contributed by atoms with Gasteiger partial charge in [-0.1, -0.05) is 12.1 Å². The molecule has 1 atom stereocenters. The van der Waals surface area contributed by atoms with Crippen molar-refractivity contribution < 1.29 is 18.0 Å². The van der Waals surface area contributed by atoms with Gasteiger partial charge < -0.3 is 4.90 Å². The van der Waals surface area contributed by atoms with Gasteiger partial charge in [0, 0.05) is 13.0 Å². The maximum absolute atomic E-state index is 13.0. The summed E-state index contributed by atoms with van der Waals surface area (Å²) in [4.78, 5) is 13.1. The van der Waals surface area contributed by atoms with E-state index in [1.807, 2.05) is 0 Å². The molecule has 2 nitrogen and oxygen atoms in total.